The summed E-state index contributed by atoms with van der Waals surface area (Å²) in [5, 5.41) is 0. The molecule has 98 valence electrons. The molecular weight excluding hydrogens is 245 g/mol. The number of ether oxygens (including phenoxy) is 1. The second-order valence-corrected chi connectivity index (χ2v) is 4.22. The molecule has 1 heterocycles. The fourth-order valence-electron chi connectivity index (χ4n) is 1.84. The van der Waals surface area contributed by atoms with Crippen LogP contribution in [-0.4, -0.2) is 17.9 Å². The van der Waals surface area contributed by atoms with Crippen LogP contribution in [0, 0.1) is 12.7 Å². The number of benzene rings is 1. The maximum atomic E-state index is 13.9. The lowest BCUT2D eigenvalue weighted by molar-refractivity contribution is 0.0991. The van der Waals surface area contributed by atoms with Gasteiger partial charge in [0.25, 0.3) is 0 Å². The minimum absolute atomic E-state index is 0.00644. The first kappa shape index (κ1) is 13.2. The van der Waals surface area contributed by atoms with Crippen molar-refractivity contribution in [2.24, 2.45) is 0 Å². The molecule has 0 fully saturated rings. The van der Waals surface area contributed by atoms with Crippen molar-refractivity contribution in [2.45, 2.75) is 13.3 Å². The summed E-state index contributed by atoms with van der Waals surface area (Å²) in [7, 11) is 1.40. The van der Waals surface area contributed by atoms with Gasteiger partial charge in [-0.15, -0.1) is 0 Å². The lowest BCUT2D eigenvalue weighted by Crippen LogP contribution is -2.06. The Morgan fingerprint density at radius 3 is 2.84 bits per heavy atom. The van der Waals surface area contributed by atoms with Crippen LogP contribution in [0.5, 0.6) is 5.75 Å². The summed E-state index contributed by atoms with van der Waals surface area (Å²) in [6.07, 6.45) is 1.58. The monoisotopic (exact) mass is 259 g/mol. The molecule has 0 amide bonds. The van der Waals surface area contributed by atoms with Crippen molar-refractivity contribution in [3.63, 3.8) is 0 Å². The topological polar surface area (TPSA) is 39.2 Å². The van der Waals surface area contributed by atoms with E-state index in [1.807, 2.05) is 6.92 Å². The molecule has 1 aromatic heterocycles. The van der Waals surface area contributed by atoms with Gasteiger partial charge in [0, 0.05) is 23.9 Å². The Balaban J connectivity index is 2.24. The molecule has 0 N–H and O–H groups in total. The first-order valence-corrected chi connectivity index (χ1v) is 5.89. The average Bonchev–Trinajstić information content (AvgIpc) is 2.41. The molecule has 0 bridgehead atoms. The Morgan fingerprint density at radius 2 is 2.16 bits per heavy atom. The smallest absolute Gasteiger partial charge is 0.168 e. The summed E-state index contributed by atoms with van der Waals surface area (Å²) in [5.41, 5.74) is 1.63. The molecule has 2 rings (SSSR count). The third kappa shape index (κ3) is 2.96. The van der Waals surface area contributed by atoms with E-state index in [-0.39, 0.29) is 18.0 Å². The van der Waals surface area contributed by atoms with Gasteiger partial charge in [-0.2, -0.15) is 0 Å². The van der Waals surface area contributed by atoms with Gasteiger partial charge in [-0.1, -0.05) is 12.1 Å². The average molecular weight is 259 g/mol. The Hall–Kier alpha value is -2.23. The van der Waals surface area contributed by atoms with E-state index >= 15 is 0 Å². The Bertz CT molecular complexity index is 611. The first-order valence-electron chi connectivity index (χ1n) is 5.89. The van der Waals surface area contributed by atoms with E-state index in [0.717, 1.165) is 5.69 Å². The van der Waals surface area contributed by atoms with Crippen LogP contribution < -0.4 is 4.74 Å². The molecule has 0 radical (unpaired) electrons. The summed E-state index contributed by atoms with van der Waals surface area (Å²) >= 11 is 0. The molecule has 0 spiro atoms. The second-order valence-electron chi connectivity index (χ2n) is 4.22. The number of carbonyl (C=O) groups excluding carboxylic acids is 1. The third-order valence-corrected chi connectivity index (χ3v) is 2.83. The molecular formula is C15H14FNO2. The third-order valence-electron chi connectivity index (χ3n) is 2.83. The number of halogens is 1. The predicted molar refractivity (Wildman–Crippen MR) is 70.0 cm³/mol. The van der Waals surface area contributed by atoms with Crippen molar-refractivity contribution in [3.05, 3.63) is 59.2 Å². The highest BCUT2D eigenvalue weighted by Gasteiger charge is 2.13. The molecule has 1 aromatic carbocycles. The number of pyridine rings is 1. The van der Waals surface area contributed by atoms with Crippen molar-refractivity contribution in [3.8, 4) is 5.75 Å². The summed E-state index contributed by atoms with van der Waals surface area (Å²) in [6, 6.07) is 8.11. The number of methoxy groups -OCH3 is 1. The maximum absolute atomic E-state index is 13.9. The van der Waals surface area contributed by atoms with Gasteiger partial charge in [-0.05, 0) is 30.7 Å². The highest BCUT2D eigenvalue weighted by atomic mass is 19.1. The van der Waals surface area contributed by atoms with Crippen LogP contribution in [0.15, 0.2) is 36.5 Å². The Labute approximate surface area is 111 Å². The minimum Gasteiger partial charge on any atom is -0.494 e. The fourth-order valence-corrected chi connectivity index (χ4v) is 1.84. The summed E-state index contributed by atoms with van der Waals surface area (Å²) in [6.45, 7) is 1.81. The standard InChI is InChI=1S/C15H14FNO2/c1-10-8-11(6-7-17-10)13(18)9-12-4-3-5-14(19-2)15(12)16/h3-8H,9H2,1-2H3. The zero-order valence-electron chi connectivity index (χ0n) is 10.8. The molecule has 3 nitrogen and oxygen atoms in total. The molecule has 19 heavy (non-hydrogen) atoms. The molecule has 0 aliphatic carbocycles. The normalized spacial score (nSPS) is 10.3. The molecule has 0 saturated heterocycles. The van der Waals surface area contributed by atoms with Crippen LogP contribution in [0.2, 0.25) is 0 Å². The van der Waals surface area contributed by atoms with Crippen LogP contribution in [0.25, 0.3) is 0 Å². The largest absolute Gasteiger partial charge is 0.494 e. The van der Waals surface area contributed by atoms with E-state index in [4.69, 9.17) is 4.74 Å². The van der Waals surface area contributed by atoms with Crippen molar-refractivity contribution in [1.82, 2.24) is 4.98 Å². The number of aryl methyl sites for hydroxylation is 1. The predicted octanol–water partition coefficient (Wildman–Crippen LogP) is 2.96. The van der Waals surface area contributed by atoms with Gasteiger partial charge in [-0.3, -0.25) is 9.78 Å². The van der Waals surface area contributed by atoms with Gasteiger partial charge in [0.05, 0.1) is 7.11 Å². The Morgan fingerprint density at radius 1 is 1.37 bits per heavy atom. The SMILES string of the molecule is COc1cccc(CC(=O)c2ccnc(C)c2)c1F. The number of rotatable bonds is 4. The quantitative estimate of drug-likeness (QED) is 0.792. The number of hydrogen-bond donors (Lipinski definition) is 0. The number of Topliss-reactive ketones (excluding diaryl/α,β-unsaturated/α-hetero) is 1. The first-order chi connectivity index (χ1) is 9.11. The van der Waals surface area contributed by atoms with E-state index in [0.29, 0.717) is 11.1 Å². The number of nitrogens with zero attached hydrogens (tertiary/aromatic N) is 1. The summed E-state index contributed by atoms with van der Waals surface area (Å²) in [5.74, 6) is -0.474. The molecule has 0 aliphatic rings. The van der Waals surface area contributed by atoms with Gasteiger partial charge in [-0.25, -0.2) is 4.39 Å². The second kappa shape index (κ2) is 5.61. The van der Waals surface area contributed by atoms with Crippen LogP contribution in [0.1, 0.15) is 21.6 Å². The number of ketones is 1. The highest BCUT2D eigenvalue weighted by molar-refractivity contribution is 5.97. The fraction of sp³-hybridized carbons (Fsp3) is 0.200. The van der Waals surface area contributed by atoms with E-state index in [9.17, 15) is 9.18 Å². The maximum Gasteiger partial charge on any atom is 0.168 e. The van der Waals surface area contributed by atoms with Gasteiger partial charge < -0.3 is 4.74 Å². The zero-order chi connectivity index (χ0) is 13.8. The Kier molecular flexibility index (Phi) is 3.90. The summed E-state index contributed by atoms with van der Waals surface area (Å²) < 4.78 is 18.8. The van der Waals surface area contributed by atoms with Gasteiger partial charge in [0.15, 0.2) is 17.3 Å². The van der Waals surface area contributed by atoms with Crippen LogP contribution in [0.4, 0.5) is 4.39 Å². The van der Waals surface area contributed by atoms with Crippen LogP contribution in [-0.2, 0) is 6.42 Å². The molecule has 0 unspecified atom stereocenters. The number of hydrogen-bond acceptors (Lipinski definition) is 3. The molecule has 0 atom stereocenters. The zero-order valence-corrected chi connectivity index (χ0v) is 10.8. The number of aromatic nitrogens is 1. The lowest BCUT2D eigenvalue weighted by Gasteiger charge is -2.07. The van der Waals surface area contributed by atoms with Gasteiger partial charge >= 0.3 is 0 Å². The molecule has 4 heteroatoms. The summed E-state index contributed by atoms with van der Waals surface area (Å²) in [4.78, 5) is 16.1. The molecule has 0 saturated carbocycles. The van der Waals surface area contributed by atoms with E-state index in [1.165, 1.54) is 13.2 Å². The van der Waals surface area contributed by atoms with Gasteiger partial charge in [0.1, 0.15) is 0 Å². The minimum atomic E-state index is -0.482. The van der Waals surface area contributed by atoms with E-state index < -0.39 is 5.82 Å². The van der Waals surface area contributed by atoms with E-state index in [2.05, 4.69) is 4.98 Å². The van der Waals surface area contributed by atoms with Crippen LogP contribution >= 0.6 is 0 Å². The number of carbonyl (C=O) groups is 1. The van der Waals surface area contributed by atoms with Crippen molar-refractivity contribution in [2.75, 3.05) is 7.11 Å². The highest BCUT2D eigenvalue weighted by Crippen LogP contribution is 2.21. The van der Waals surface area contributed by atoms with Crippen molar-refractivity contribution < 1.29 is 13.9 Å². The molecule has 0 aliphatic heterocycles. The van der Waals surface area contributed by atoms with Crippen molar-refractivity contribution in [1.29, 1.82) is 0 Å². The lowest BCUT2D eigenvalue weighted by atomic mass is 10.0. The van der Waals surface area contributed by atoms with Gasteiger partial charge in [0.2, 0.25) is 0 Å². The van der Waals surface area contributed by atoms with E-state index in [1.54, 1.807) is 30.5 Å². The van der Waals surface area contributed by atoms with Crippen molar-refractivity contribution >= 4 is 5.78 Å². The van der Waals surface area contributed by atoms with Crippen LogP contribution in [0.3, 0.4) is 0 Å². The molecule has 2 aromatic rings.